The van der Waals surface area contributed by atoms with Crippen molar-refractivity contribution in [2.45, 2.75) is 43.0 Å². The van der Waals surface area contributed by atoms with E-state index in [1.807, 2.05) is 59.2 Å². The number of allylic oxidation sites excluding steroid dienone is 1. The Morgan fingerprint density at radius 2 is 1.91 bits per heavy atom. The number of amides is 1. The van der Waals surface area contributed by atoms with Gasteiger partial charge in [0.2, 0.25) is 5.91 Å². The third kappa shape index (κ3) is 6.89. The maximum Gasteiger partial charge on any atom is 0.234 e. The van der Waals surface area contributed by atoms with E-state index in [9.17, 15) is 4.79 Å². The molecule has 0 unspecified atom stereocenters. The fraction of sp³-hybridized carbons (Fsp3) is 0.292. The van der Waals surface area contributed by atoms with E-state index in [0.717, 1.165) is 38.8 Å². The van der Waals surface area contributed by atoms with E-state index >= 15 is 0 Å². The van der Waals surface area contributed by atoms with E-state index in [2.05, 4.69) is 35.9 Å². The Labute approximate surface area is 203 Å². The molecule has 1 aromatic heterocycles. The smallest absolute Gasteiger partial charge is 0.234 e. The molecule has 1 amide bonds. The number of nitrogens with zero attached hydrogens (tertiary/aromatic N) is 3. The topological polar surface area (TPSA) is 59.8 Å². The van der Waals surface area contributed by atoms with Gasteiger partial charge in [0.1, 0.15) is 5.82 Å². The van der Waals surface area contributed by atoms with Crippen LogP contribution in [0.2, 0.25) is 5.02 Å². The lowest BCUT2D eigenvalue weighted by molar-refractivity contribution is -0.113. The summed E-state index contributed by atoms with van der Waals surface area (Å²) in [6, 6.07) is 15.8. The monoisotopic (exact) mass is 486 g/mol. The van der Waals surface area contributed by atoms with Gasteiger partial charge in [-0.05, 0) is 35.2 Å². The van der Waals surface area contributed by atoms with Crippen molar-refractivity contribution in [1.29, 1.82) is 0 Å². The number of aromatic nitrogens is 3. The molecule has 3 rings (SSSR count). The molecule has 168 valence electrons. The highest BCUT2D eigenvalue weighted by Gasteiger charge is 2.15. The molecule has 0 saturated carbocycles. The summed E-state index contributed by atoms with van der Waals surface area (Å²) in [5, 5.41) is 13.2. The largest absolute Gasteiger partial charge is 0.325 e. The van der Waals surface area contributed by atoms with Crippen molar-refractivity contribution in [2.75, 3.05) is 11.1 Å². The van der Waals surface area contributed by atoms with Gasteiger partial charge in [0.15, 0.2) is 5.16 Å². The summed E-state index contributed by atoms with van der Waals surface area (Å²) >= 11 is 9.10. The highest BCUT2D eigenvalue weighted by atomic mass is 35.5. The van der Waals surface area contributed by atoms with Crippen LogP contribution in [0.4, 0.5) is 5.69 Å². The molecule has 3 aromatic rings. The fourth-order valence-corrected chi connectivity index (χ4v) is 4.94. The summed E-state index contributed by atoms with van der Waals surface area (Å²) in [6.07, 6.45) is 1.82. The van der Waals surface area contributed by atoms with Crippen LogP contribution in [0.15, 0.2) is 66.3 Å². The normalized spacial score (nSPS) is 11.0. The van der Waals surface area contributed by atoms with E-state index in [1.54, 1.807) is 11.8 Å². The zero-order valence-corrected chi connectivity index (χ0v) is 20.6. The number of anilines is 1. The number of halogens is 1. The molecule has 1 N–H and O–H groups in total. The van der Waals surface area contributed by atoms with Crippen molar-refractivity contribution >= 4 is 46.7 Å². The Morgan fingerprint density at radius 3 is 2.62 bits per heavy atom. The summed E-state index contributed by atoms with van der Waals surface area (Å²) in [5.41, 5.74) is 3.20. The highest BCUT2D eigenvalue weighted by molar-refractivity contribution is 7.99. The minimum atomic E-state index is -0.0603. The zero-order valence-electron chi connectivity index (χ0n) is 18.3. The van der Waals surface area contributed by atoms with Gasteiger partial charge in [-0.25, -0.2) is 0 Å². The van der Waals surface area contributed by atoms with E-state index in [4.69, 9.17) is 11.6 Å². The summed E-state index contributed by atoms with van der Waals surface area (Å²) in [5.74, 6) is 2.99. The molecule has 0 aliphatic rings. The molecule has 0 bridgehead atoms. The number of benzene rings is 2. The second-order valence-electron chi connectivity index (χ2n) is 7.50. The minimum Gasteiger partial charge on any atom is -0.325 e. The van der Waals surface area contributed by atoms with Gasteiger partial charge in [0.25, 0.3) is 0 Å². The van der Waals surface area contributed by atoms with Crippen molar-refractivity contribution in [1.82, 2.24) is 14.8 Å². The van der Waals surface area contributed by atoms with Crippen LogP contribution < -0.4 is 5.32 Å². The quantitative estimate of drug-likeness (QED) is 0.251. The molecule has 0 radical (unpaired) electrons. The average molecular weight is 487 g/mol. The van der Waals surface area contributed by atoms with Crippen molar-refractivity contribution in [3.05, 3.63) is 83.2 Å². The first-order valence-electron chi connectivity index (χ1n) is 10.3. The molecule has 0 aliphatic carbocycles. The minimum absolute atomic E-state index is 0.0603. The number of nitrogens with one attached hydrogen (secondary N) is 1. The van der Waals surface area contributed by atoms with Gasteiger partial charge < -0.3 is 9.88 Å². The summed E-state index contributed by atoms with van der Waals surface area (Å²) in [7, 11) is 0. The van der Waals surface area contributed by atoms with Gasteiger partial charge in [0, 0.05) is 23.0 Å². The van der Waals surface area contributed by atoms with E-state index in [1.165, 1.54) is 17.3 Å². The first kappa shape index (κ1) is 24.4. The average Bonchev–Trinajstić information content (AvgIpc) is 3.16. The van der Waals surface area contributed by atoms with Crippen LogP contribution in [-0.4, -0.2) is 26.4 Å². The third-order valence-electron chi connectivity index (χ3n) is 4.71. The number of rotatable bonds is 11. The highest BCUT2D eigenvalue weighted by Crippen LogP contribution is 2.25. The van der Waals surface area contributed by atoms with Crippen LogP contribution in [-0.2, 0) is 22.8 Å². The van der Waals surface area contributed by atoms with Crippen LogP contribution in [0, 0.1) is 0 Å². The van der Waals surface area contributed by atoms with Crippen LogP contribution in [0.1, 0.15) is 36.7 Å². The predicted molar refractivity (Wildman–Crippen MR) is 137 cm³/mol. The molecule has 2 aromatic carbocycles. The van der Waals surface area contributed by atoms with Crippen molar-refractivity contribution in [3.63, 3.8) is 0 Å². The Bertz CT molecular complexity index is 1050. The maximum atomic E-state index is 12.6. The van der Waals surface area contributed by atoms with Crippen molar-refractivity contribution < 1.29 is 4.79 Å². The molecule has 1 heterocycles. The number of carbonyl (C=O) groups is 1. The summed E-state index contributed by atoms with van der Waals surface area (Å²) in [4.78, 5) is 12.6. The van der Waals surface area contributed by atoms with Gasteiger partial charge in [-0.3, -0.25) is 4.79 Å². The number of carbonyl (C=O) groups excluding carboxylic acids is 1. The van der Waals surface area contributed by atoms with Gasteiger partial charge in [-0.15, -0.1) is 28.5 Å². The third-order valence-corrected chi connectivity index (χ3v) is 6.93. The summed E-state index contributed by atoms with van der Waals surface area (Å²) < 4.78 is 2.02. The molecule has 32 heavy (non-hydrogen) atoms. The Balaban J connectivity index is 1.58. The molecule has 8 heteroatoms. The molecule has 0 aliphatic heterocycles. The van der Waals surface area contributed by atoms with Gasteiger partial charge >= 0.3 is 0 Å². The van der Waals surface area contributed by atoms with Crippen LogP contribution >= 0.6 is 35.1 Å². The number of hydrogen-bond donors (Lipinski definition) is 1. The SMILES string of the molecule is C=CCn1c(CSCc2ccc(Cl)cc2)nnc1SCC(=O)Nc1ccccc1C(C)C. The van der Waals surface area contributed by atoms with Crippen molar-refractivity contribution in [3.8, 4) is 0 Å². The Kier molecular flexibility index (Phi) is 9.26. The van der Waals surface area contributed by atoms with Crippen molar-refractivity contribution in [2.24, 2.45) is 0 Å². The lowest BCUT2D eigenvalue weighted by Crippen LogP contribution is -2.16. The Hall–Kier alpha value is -2.22. The van der Waals surface area contributed by atoms with Crippen LogP contribution in [0.3, 0.4) is 0 Å². The first-order valence-corrected chi connectivity index (χ1v) is 12.9. The lowest BCUT2D eigenvalue weighted by atomic mass is 10.0. The predicted octanol–water partition coefficient (Wildman–Crippen LogP) is 6.41. The molecular weight excluding hydrogens is 460 g/mol. The standard InChI is InChI=1S/C24H27ClN4OS2/c1-4-13-29-22(15-31-14-18-9-11-19(25)12-10-18)27-28-24(29)32-16-23(30)26-21-8-6-5-7-20(21)17(2)3/h4-12,17H,1,13-16H2,2-3H3,(H,26,30). The van der Waals surface area contributed by atoms with E-state index in [0.29, 0.717) is 12.5 Å². The van der Waals surface area contributed by atoms with Gasteiger partial charge in [-0.2, -0.15) is 0 Å². The summed E-state index contributed by atoms with van der Waals surface area (Å²) in [6.45, 7) is 8.68. The van der Waals surface area contributed by atoms with Gasteiger partial charge in [0.05, 0.1) is 11.5 Å². The Morgan fingerprint density at radius 1 is 1.16 bits per heavy atom. The molecule has 0 spiro atoms. The van der Waals surface area contributed by atoms with Gasteiger partial charge in [-0.1, -0.05) is 73.6 Å². The van der Waals surface area contributed by atoms with Crippen LogP contribution in [0.5, 0.6) is 0 Å². The van der Waals surface area contributed by atoms with E-state index < -0.39 is 0 Å². The fourth-order valence-electron chi connectivity index (χ4n) is 3.12. The van der Waals surface area contributed by atoms with Crippen LogP contribution in [0.25, 0.3) is 0 Å². The lowest BCUT2D eigenvalue weighted by Gasteiger charge is -2.13. The molecule has 0 atom stereocenters. The number of hydrogen-bond acceptors (Lipinski definition) is 5. The molecular formula is C24H27ClN4OS2. The first-order chi connectivity index (χ1) is 15.5. The number of para-hydroxylation sites is 1. The van der Waals surface area contributed by atoms with E-state index in [-0.39, 0.29) is 11.7 Å². The number of thioether (sulfide) groups is 2. The maximum absolute atomic E-state index is 12.6. The second-order valence-corrected chi connectivity index (χ2v) is 9.86. The molecule has 0 saturated heterocycles. The second kappa shape index (κ2) is 12.1. The molecule has 0 fully saturated rings. The molecule has 5 nitrogen and oxygen atoms in total. The zero-order chi connectivity index (χ0) is 22.9.